The van der Waals surface area contributed by atoms with E-state index in [4.69, 9.17) is 10.5 Å². The van der Waals surface area contributed by atoms with Crippen LogP contribution in [0.4, 0.5) is 0 Å². The predicted octanol–water partition coefficient (Wildman–Crippen LogP) is 1.66. The largest absolute Gasteiger partial charge is 0.388 e. The van der Waals surface area contributed by atoms with Crippen LogP contribution in [0.25, 0.3) is 0 Å². The molecule has 3 N–H and O–H groups in total. The van der Waals surface area contributed by atoms with Crippen molar-refractivity contribution in [3.8, 4) is 0 Å². The molecule has 1 aromatic carbocycles. The van der Waals surface area contributed by atoms with Gasteiger partial charge in [0.05, 0.1) is 0 Å². The van der Waals surface area contributed by atoms with Crippen molar-refractivity contribution < 1.29 is 14.6 Å². The van der Waals surface area contributed by atoms with Crippen molar-refractivity contribution in [3.05, 3.63) is 35.4 Å². The van der Waals surface area contributed by atoms with Crippen LogP contribution in [-0.4, -0.2) is 24.6 Å². The predicted molar refractivity (Wildman–Crippen MR) is 70.2 cm³/mol. The third-order valence-electron chi connectivity index (χ3n) is 3.06. The van der Waals surface area contributed by atoms with Crippen LogP contribution in [-0.2, 0) is 10.5 Å². The van der Waals surface area contributed by atoms with Crippen LogP contribution in [0.1, 0.15) is 36.7 Å². The number of carbonyl (C=O) groups is 1. The molecule has 2 atom stereocenters. The van der Waals surface area contributed by atoms with E-state index in [1.807, 2.05) is 20.8 Å². The Hall–Kier alpha value is -1.23. The highest BCUT2D eigenvalue weighted by atomic mass is 16.5. The first kappa shape index (κ1) is 14.8. The summed E-state index contributed by atoms with van der Waals surface area (Å²) in [4.78, 5) is 10.6. The zero-order valence-electron chi connectivity index (χ0n) is 11.3. The van der Waals surface area contributed by atoms with Crippen LogP contribution in [0, 0.1) is 5.41 Å². The van der Waals surface area contributed by atoms with Gasteiger partial charge in [0.2, 0.25) is 0 Å². The number of methoxy groups -OCH3 is 1. The minimum Gasteiger partial charge on any atom is -0.388 e. The van der Waals surface area contributed by atoms with Crippen LogP contribution in [0.3, 0.4) is 0 Å². The maximum Gasteiger partial charge on any atom is 0.169 e. The highest BCUT2D eigenvalue weighted by Gasteiger charge is 2.42. The average Bonchev–Trinajstić information content (AvgIpc) is 2.36. The van der Waals surface area contributed by atoms with Gasteiger partial charge in [0.15, 0.2) is 5.72 Å². The van der Waals surface area contributed by atoms with Crippen molar-refractivity contribution in [3.63, 3.8) is 0 Å². The summed E-state index contributed by atoms with van der Waals surface area (Å²) >= 11 is 0. The molecule has 0 heterocycles. The molecular weight excluding hydrogens is 230 g/mol. The zero-order chi connectivity index (χ0) is 14.0. The molecule has 1 aromatic rings. The first-order valence-electron chi connectivity index (χ1n) is 5.83. The molecular formula is C14H21NO3. The van der Waals surface area contributed by atoms with Gasteiger partial charge in [-0.05, 0) is 5.41 Å². The molecule has 0 bridgehead atoms. The minimum atomic E-state index is -1.29. The van der Waals surface area contributed by atoms with Gasteiger partial charge in [0.1, 0.15) is 12.4 Å². The number of ether oxygens (including phenoxy) is 1. The van der Waals surface area contributed by atoms with Crippen molar-refractivity contribution in [2.75, 3.05) is 7.11 Å². The normalized spacial score (nSPS) is 17.0. The third-order valence-corrected chi connectivity index (χ3v) is 3.06. The Kier molecular flexibility index (Phi) is 4.27. The molecule has 0 saturated heterocycles. The van der Waals surface area contributed by atoms with Crippen molar-refractivity contribution in [1.82, 2.24) is 0 Å². The molecule has 0 aliphatic heterocycles. The summed E-state index contributed by atoms with van der Waals surface area (Å²) in [6, 6.07) is 6.70. The fourth-order valence-corrected chi connectivity index (χ4v) is 1.85. The Morgan fingerprint density at radius 2 is 1.78 bits per heavy atom. The molecule has 0 aromatic heterocycles. The van der Waals surface area contributed by atoms with Crippen LogP contribution in [0.15, 0.2) is 24.3 Å². The molecule has 4 heteroatoms. The highest BCUT2D eigenvalue weighted by Crippen LogP contribution is 2.34. The Morgan fingerprint density at radius 3 is 2.11 bits per heavy atom. The number of hydrogen-bond donors (Lipinski definition) is 2. The van der Waals surface area contributed by atoms with Gasteiger partial charge in [-0.3, -0.25) is 10.5 Å². The molecule has 0 aliphatic rings. The van der Waals surface area contributed by atoms with E-state index in [-0.39, 0.29) is 0 Å². The molecule has 0 fully saturated rings. The molecule has 0 aliphatic carbocycles. The highest BCUT2D eigenvalue weighted by molar-refractivity contribution is 5.74. The van der Waals surface area contributed by atoms with Gasteiger partial charge in [-0.2, -0.15) is 0 Å². The van der Waals surface area contributed by atoms with Gasteiger partial charge in [-0.15, -0.1) is 0 Å². The lowest BCUT2D eigenvalue weighted by molar-refractivity contribution is -0.144. The molecule has 0 unspecified atom stereocenters. The van der Waals surface area contributed by atoms with Gasteiger partial charge < -0.3 is 9.84 Å². The fraction of sp³-hybridized carbons (Fsp3) is 0.500. The molecule has 4 nitrogen and oxygen atoms in total. The second-order valence-corrected chi connectivity index (χ2v) is 5.51. The van der Waals surface area contributed by atoms with Crippen molar-refractivity contribution in [2.45, 2.75) is 32.6 Å². The lowest BCUT2D eigenvalue weighted by atomic mass is 9.80. The Morgan fingerprint density at radius 1 is 1.28 bits per heavy atom. The number of benzene rings is 1. The summed E-state index contributed by atoms with van der Waals surface area (Å²) in [6.45, 7) is 5.66. The standard InChI is InChI=1S/C14H21NO3/c1-13(2,3)12(17)14(15,18-4)11-7-5-10(9-16)6-8-11/h5-9,12,17H,15H2,1-4H3/t12-,14-/m1/s1. The summed E-state index contributed by atoms with van der Waals surface area (Å²) in [6.07, 6.45) is -0.119. The topological polar surface area (TPSA) is 72.5 Å². The van der Waals surface area contributed by atoms with E-state index in [1.54, 1.807) is 24.3 Å². The van der Waals surface area contributed by atoms with E-state index in [9.17, 15) is 9.90 Å². The lowest BCUT2D eigenvalue weighted by Gasteiger charge is -2.40. The Labute approximate surface area is 108 Å². The van der Waals surface area contributed by atoms with Crippen molar-refractivity contribution in [1.29, 1.82) is 0 Å². The maximum atomic E-state index is 10.6. The molecule has 18 heavy (non-hydrogen) atoms. The maximum absolute atomic E-state index is 10.6. The van der Waals surface area contributed by atoms with Gasteiger partial charge >= 0.3 is 0 Å². The smallest absolute Gasteiger partial charge is 0.169 e. The molecule has 1 rings (SSSR count). The van der Waals surface area contributed by atoms with Gasteiger partial charge in [0, 0.05) is 18.2 Å². The fourth-order valence-electron chi connectivity index (χ4n) is 1.85. The quantitative estimate of drug-likeness (QED) is 0.630. The van der Waals surface area contributed by atoms with Gasteiger partial charge in [0.25, 0.3) is 0 Å². The van der Waals surface area contributed by atoms with Gasteiger partial charge in [-0.1, -0.05) is 45.0 Å². The number of hydrogen-bond acceptors (Lipinski definition) is 4. The summed E-state index contributed by atoms with van der Waals surface area (Å²) in [5.41, 5.74) is 5.66. The first-order chi connectivity index (χ1) is 8.25. The summed E-state index contributed by atoms with van der Waals surface area (Å²) < 4.78 is 5.33. The lowest BCUT2D eigenvalue weighted by Crippen LogP contribution is -2.54. The van der Waals surface area contributed by atoms with E-state index in [1.165, 1.54) is 7.11 Å². The van der Waals surface area contributed by atoms with Crippen molar-refractivity contribution >= 4 is 6.29 Å². The first-order valence-corrected chi connectivity index (χ1v) is 5.83. The van der Waals surface area contributed by atoms with Crippen LogP contribution in [0.2, 0.25) is 0 Å². The summed E-state index contributed by atoms with van der Waals surface area (Å²) in [5.74, 6) is 0. The summed E-state index contributed by atoms with van der Waals surface area (Å²) in [7, 11) is 1.46. The third kappa shape index (κ3) is 2.77. The number of rotatable bonds is 4. The molecule has 0 spiro atoms. The van der Waals surface area contributed by atoms with E-state index < -0.39 is 17.2 Å². The van der Waals surface area contributed by atoms with E-state index >= 15 is 0 Å². The minimum absolute atomic E-state index is 0.423. The van der Waals surface area contributed by atoms with Crippen LogP contribution in [0.5, 0.6) is 0 Å². The number of nitrogens with two attached hydrogens (primary N) is 1. The second kappa shape index (κ2) is 5.18. The number of aliphatic hydroxyl groups excluding tert-OH is 1. The molecule has 0 amide bonds. The van der Waals surface area contributed by atoms with E-state index in [2.05, 4.69) is 0 Å². The average molecular weight is 251 g/mol. The van der Waals surface area contributed by atoms with Gasteiger partial charge in [-0.25, -0.2) is 0 Å². The molecule has 0 radical (unpaired) electrons. The monoisotopic (exact) mass is 251 g/mol. The van der Waals surface area contributed by atoms with E-state index in [0.29, 0.717) is 11.1 Å². The van der Waals surface area contributed by atoms with E-state index in [0.717, 1.165) is 6.29 Å². The van der Waals surface area contributed by atoms with Crippen LogP contribution >= 0.6 is 0 Å². The number of aldehydes is 1. The number of carbonyl (C=O) groups excluding carboxylic acids is 1. The number of aliphatic hydroxyl groups is 1. The molecule has 0 saturated carbocycles. The Balaban J connectivity index is 3.17. The second-order valence-electron chi connectivity index (χ2n) is 5.51. The summed E-state index contributed by atoms with van der Waals surface area (Å²) in [5, 5.41) is 10.4. The molecule has 100 valence electrons. The van der Waals surface area contributed by atoms with Crippen molar-refractivity contribution in [2.24, 2.45) is 11.1 Å². The Bertz CT molecular complexity index is 408. The van der Waals surface area contributed by atoms with Crippen LogP contribution < -0.4 is 5.73 Å². The zero-order valence-corrected chi connectivity index (χ0v) is 11.3. The SMILES string of the molecule is CO[C@](N)(c1ccc(C=O)cc1)[C@H](O)C(C)(C)C.